The minimum atomic E-state index is 0.615. The Morgan fingerprint density at radius 1 is 0.955 bits per heavy atom. The first-order valence-corrected chi connectivity index (χ1v) is 7.35. The molecule has 1 heterocycles. The highest BCUT2D eigenvalue weighted by molar-refractivity contribution is 5.84. The van der Waals surface area contributed by atoms with Crippen molar-refractivity contribution in [1.82, 2.24) is 4.98 Å². The summed E-state index contributed by atoms with van der Waals surface area (Å²) in [7, 11) is 0. The quantitative estimate of drug-likeness (QED) is 0.558. The Bertz CT molecular complexity index is 781. The fraction of sp³-hybridized carbons (Fsp3) is 0.167. The minimum absolute atomic E-state index is 0.615. The van der Waals surface area contributed by atoms with Crippen LogP contribution in [-0.4, -0.2) is 11.6 Å². The van der Waals surface area contributed by atoms with Crippen molar-refractivity contribution in [2.75, 3.05) is 18.1 Å². The molecular weight excluding hydrogens is 274 g/mol. The molecule has 112 valence electrons. The summed E-state index contributed by atoms with van der Waals surface area (Å²) in [4.78, 5) is 4.38. The van der Waals surface area contributed by atoms with Gasteiger partial charge in [-0.05, 0) is 36.6 Å². The Kier molecular flexibility index (Phi) is 4.10. The number of anilines is 2. The van der Waals surface area contributed by atoms with Crippen LogP contribution in [0.5, 0.6) is 5.75 Å². The molecule has 2 aromatic carbocycles. The molecule has 0 bridgehead atoms. The molecule has 0 fully saturated rings. The van der Waals surface area contributed by atoms with Crippen molar-refractivity contribution in [1.29, 1.82) is 0 Å². The summed E-state index contributed by atoms with van der Waals surface area (Å²) in [5, 5.41) is 1.08. The number of para-hydroxylation sites is 2. The van der Waals surface area contributed by atoms with Crippen molar-refractivity contribution in [3.8, 4) is 5.75 Å². The zero-order valence-corrected chi connectivity index (χ0v) is 12.3. The van der Waals surface area contributed by atoms with E-state index in [0.717, 1.165) is 35.1 Å². The molecule has 0 amide bonds. The van der Waals surface area contributed by atoms with Crippen LogP contribution in [0.1, 0.15) is 12.0 Å². The molecule has 0 aliphatic carbocycles. The Hall–Kier alpha value is -2.75. The third-order valence-corrected chi connectivity index (χ3v) is 3.67. The average Bonchev–Trinajstić information content (AvgIpc) is 2.55. The lowest BCUT2D eigenvalue weighted by atomic mass is 10.1. The van der Waals surface area contributed by atoms with E-state index in [-0.39, 0.29) is 0 Å². The normalized spacial score (nSPS) is 10.7. The van der Waals surface area contributed by atoms with E-state index in [1.807, 2.05) is 48.5 Å². The number of aromatic nitrogens is 1. The van der Waals surface area contributed by atoms with Crippen LogP contribution in [-0.2, 0) is 6.42 Å². The summed E-state index contributed by atoms with van der Waals surface area (Å²) in [5.74, 6) is 0.818. The second kappa shape index (κ2) is 6.35. The van der Waals surface area contributed by atoms with E-state index < -0.39 is 0 Å². The molecule has 4 heteroatoms. The highest BCUT2D eigenvalue weighted by atomic mass is 16.5. The number of benzene rings is 2. The van der Waals surface area contributed by atoms with E-state index in [1.165, 1.54) is 0 Å². The Morgan fingerprint density at radius 3 is 2.68 bits per heavy atom. The maximum atomic E-state index is 5.97. The summed E-state index contributed by atoms with van der Waals surface area (Å²) >= 11 is 0. The predicted molar refractivity (Wildman–Crippen MR) is 90.8 cm³/mol. The summed E-state index contributed by atoms with van der Waals surface area (Å²) < 4.78 is 5.88. The summed E-state index contributed by atoms with van der Waals surface area (Å²) in [6.45, 7) is 0.615. The first kappa shape index (κ1) is 14.2. The number of hydrogen-bond donors (Lipinski definition) is 2. The molecule has 0 aliphatic heterocycles. The van der Waals surface area contributed by atoms with Crippen molar-refractivity contribution in [3.63, 3.8) is 0 Å². The number of nitrogen functional groups attached to an aromatic ring is 2. The van der Waals surface area contributed by atoms with Crippen molar-refractivity contribution in [2.45, 2.75) is 12.8 Å². The molecule has 3 aromatic rings. The van der Waals surface area contributed by atoms with E-state index in [4.69, 9.17) is 16.2 Å². The SMILES string of the molecule is Nc1cccc(CCCOc2cccc3cccnc23)c1N. The van der Waals surface area contributed by atoms with E-state index >= 15 is 0 Å². The molecule has 0 unspecified atom stereocenters. The summed E-state index contributed by atoms with van der Waals surface area (Å²) in [5.41, 5.74) is 15.1. The fourth-order valence-electron chi connectivity index (χ4n) is 2.49. The highest BCUT2D eigenvalue weighted by Gasteiger charge is 2.04. The largest absolute Gasteiger partial charge is 0.491 e. The van der Waals surface area contributed by atoms with Crippen LogP contribution < -0.4 is 16.2 Å². The second-order valence-electron chi connectivity index (χ2n) is 5.20. The molecule has 0 radical (unpaired) electrons. The molecule has 0 saturated heterocycles. The number of nitrogens with zero attached hydrogens (tertiary/aromatic N) is 1. The van der Waals surface area contributed by atoms with Crippen LogP contribution in [0, 0.1) is 0 Å². The Labute approximate surface area is 129 Å². The molecule has 1 aromatic heterocycles. The van der Waals surface area contributed by atoms with E-state index in [2.05, 4.69) is 4.98 Å². The molecule has 0 saturated carbocycles. The van der Waals surface area contributed by atoms with Gasteiger partial charge in [0.05, 0.1) is 18.0 Å². The average molecular weight is 293 g/mol. The topological polar surface area (TPSA) is 74.2 Å². The molecule has 3 rings (SSSR count). The third kappa shape index (κ3) is 2.96. The lowest BCUT2D eigenvalue weighted by Gasteiger charge is -2.10. The van der Waals surface area contributed by atoms with Crippen molar-refractivity contribution >= 4 is 22.3 Å². The number of pyridine rings is 1. The van der Waals surface area contributed by atoms with Gasteiger partial charge in [-0.2, -0.15) is 0 Å². The molecular formula is C18H19N3O. The lowest BCUT2D eigenvalue weighted by Crippen LogP contribution is -2.03. The summed E-state index contributed by atoms with van der Waals surface area (Å²) in [6.07, 6.45) is 3.49. The van der Waals surface area contributed by atoms with Crippen LogP contribution in [0.4, 0.5) is 11.4 Å². The molecule has 0 atom stereocenters. The van der Waals surface area contributed by atoms with E-state index in [0.29, 0.717) is 18.0 Å². The van der Waals surface area contributed by atoms with E-state index in [9.17, 15) is 0 Å². The molecule has 22 heavy (non-hydrogen) atoms. The monoisotopic (exact) mass is 293 g/mol. The van der Waals surface area contributed by atoms with Crippen LogP contribution in [0.2, 0.25) is 0 Å². The molecule has 4 N–H and O–H groups in total. The molecule has 0 spiro atoms. The minimum Gasteiger partial charge on any atom is -0.491 e. The molecule has 4 nitrogen and oxygen atoms in total. The first-order valence-electron chi connectivity index (χ1n) is 7.35. The fourth-order valence-corrected chi connectivity index (χ4v) is 2.49. The maximum absolute atomic E-state index is 5.97. The van der Waals surface area contributed by atoms with Gasteiger partial charge in [0.25, 0.3) is 0 Å². The Balaban J connectivity index is 1.62. The smallest absolute Gasteiger partial charge is 0.145 e. The number of hydrogen-bond acceptors (Lipinski definition) is 4. The van der Waals surface area contributed by atoms with Crippen molar-refractivity contribution in [3.05, 3.63) is 60.3 Å². The van der Waals surface area contributed by atoms with Gasteiger partial charge in [-0.3, -0.25) is 4.98 Å². The van der Waals surface area contributed by atoms with Crippen LogP contribution in [0.25, 0.3) is 10.9 Å². The van der Waals surface area contributed by atoms with Crippen molar-refractivity contribution in [2.24, 2.45) is 0 Å². The number of nitrogens with two attached hydrogens (primary N) is 2. The van der Waals surface area contributed by atoms with E-state index in [1.54, 1.807) is 6.20 Å². The van der Waals surface area contributed by atoms with Gasteiger partial charge in [0.1, 0.15) is 11.3 Å². The van der Waals surface area contributed by atoms with Crippen molar-refractivity contribution < 1.29 is 4.74 Å². The third-order valence-electron chi connectivity index (χ3n) is 3.67. The van der Waals surface area contributed by atoms with Gasteiger partial charge in [0, 0.05) is 11.6 Å². The van der Waals surface area contributed by atoms with Gasteiger partial charge in [0.2, 0.25) is 0 Å². The maximum Gasteiger partial charge on any atom is 0.145 e. The standard InChI is InChI=1S/C18H19N3O/c19-15-9-1-5-13(17(15)20)8-4-12-22-16-10-2-6-14-7-3-11-21-18(14)16/h1-3,5-7,9-11H,4,8,12,19-20H2. The number of ether oxygens (including phenoxy) is 1. The zero-order valence-electron chi connectivity index (χ0n) is 12.3. The van der Waals surface area contributed by atoms with Gasteiger partial charge >= 0.3 is 0 Å². The van der Waals surface area contributed by atoms with Gasteiger partial charge in [0.15, 0.2) is 0 Å². The van der Waals surface area contributed by atoms with Gasteiger partial charge < -0.3 is 16.2 Å². The van der Waals surface area contributed by atoms with Crippen LogP contribution in [0.3, 0.4) is 0 Å². The van der Waals surface area contributed by atoms with Gasteiger partial charge in [-0.1, -0.05) is 30.3 Å². The van der Waals surface area contributed by atoms with Crippen LogP contribution >= 0.6 is 0 Å². The number of fused-ring (bicyclic) bond motifs is 1. The van der Waals surface area contributed by atoms with Gasteiger partial charge in [-0.15, -0.1) is 0 Å². The Morgan fingerprint density at radius 2 is 1.77 bits per heavy atom. The van der Waals surface area contributed by atoms with Crippen LogP contribution in [0.15, 0.2) is 54.7 Å². The second-order valence-corrected chi connectivity index (χ2v) is 5.20. The predicted octanol–water partition coefficient (Wildman–Crippen LogP) is 3.41. The number of rotatable bonds is 5. The lowest BCUT2D eigenvalue weighted by molar-refractivity contribution is 0.314. The highest BCUT2D eigenvalue weighted by Crippen LogP contribution is 2.24. The summed E-state index contributed by atoms with van der Waals surface area (Å²) in [6, 6.07) is 15.7. The zero-order chi connectivity index (χ0) is 15.4. The van der Waals surface area contributed by atoms with Gasteiger partial charge in [-0.25, -0.2) is 0 Å². The first-order chi connectivity index (χ1) is 10.8. The number of aryl methyl sites for hydroxylation is 1. The molecule has 0 aliphatic rings.